The SMILES string of the molecule is COc1ccc2ccnc(N3CCNC(C)C3)c2c1. The maximum absolute atomic E-state index is 5.33. The molecule has 1 aliphatic heterocycles. The molecular weight excluding hydrogens is 238 g/mol. The van der Waals surface area contributed by atoms with Crippen LogP contribution in [0.5, 0.6) is 5.75 Å². The molecular formula is C15H19N3O. The quantitative estimate of drug-likeness (QED) is 0.893. The monoisotopic (exact) mass is 257 g/mol. The van der Waals surface area contributed by atoms with Gasteiger partial charge in [0.15, 0.2) is 0 Å². The number of piperazine rings is 1. The van der Waals surface area contributed by atoms with Crippen molar-refractivity contribution in [3.05, 3.63) is 30.5 Å². The van der Waals surface area contributed by atoms with Crippen molar-refractivity contribution < 1.29 is 4.74 Å². The molecule has 4 nitrogen and oxygen atoms in total. The summed E-state index contributed by atoms with van der Waals surface area (Å²) in [6, 6.07) is 8.70. The van der Waals surface area contributed by atoms with E-state index in [1.54, 1.807) is 7.11 Å². The highest BCUT2D eigenvalue weighted by Gasteiger charge is 2.18. The number of nitrogens with one attached hydrogen (secondary N) is 1. The number of methoxy groups -OCH3 is 1. The summed E-state index contributed by atoms with van der Waals surface area (Å²) in [5.41, 5.74) is 0. The Bertz CT molecular complexity index is 585. The molecule has 1 saturated heterocycles. The van der Waals surface area contributed by atoms with Gasteiger partial charge < -0.3 is 15.0 Å². The summed E-state index contributed by atoms with van der Waals surface area (Å²) in [7, 11) is 1.70. The molecule has 1 aromatic heterocycles. The first-order chi connectivity index (χ1) is 9.28. The van der Waals surface area contributed by atoms with Crippen LogP contribution in [0.15, 0.2) is 30.5 Å². The van der Waals surface area contributed by atoms with E-state index in [1.807, 2.05) is 18.3 Å². The molecule has 100 valence electrons. The molecule has 1 N–H and O–H groups in total. The van der Waals surface area contributed by atoms with E-state index < -0.39 is 0 Å². The highest BCUT2D eigenvalue weighted by atomic mass is 16.5. The number of hydrogen-bond acceptors (Lipinski definition) is 4. The van der Waals surface area contributed by atoms with Crippen molar-refractivity contribution in [2.75, 3.05) is 31.6 Å². The Hall–Kier alpha value is -1.81. The molecule has 0 saturated carbocycles. The number of hydrogen-bond donors (Lipinski definition) is 1. The van der Waals surface area contributed by atoms with Crippen molar-refractivity contribution in [3.8, 4) is 5.75 Å². The lowest BCUT2D eigenvalue weighted by atomic mass is 10.1. The van der Waals surface area contributed by atoms with Crippen LogP contribution in [0.25, 0.3) is 10.8 Å². The van der Waals surface area contributed by atoms with Crippen LogP contribution in [0.4, 0.5) is 5.82 Å². The molecule has 1 aliphatic rings. The minimum Gasteiger partial charge on any atom is -0.497 e. The standard InChI is InChI=1S/C15H19N3O/c1-11-10-18(8-7-16-11)15-14-9-13(19-2)4-3-12(14)5-6-17-15/h3-6,9,11,16H,7-8,10H2,1-2H3. The van der Waals surface area contributed by atoms with E-state index >= 15 is 0 Å². The fourth-order valence-corrected chi connectivity index (χ4v) is 2.64. The number of anilines is 1. The summed E-state index contributed by atoms with van der Waals surface area (Å²) < 4.78 is 5.33. The van der Waals surface area contributed by atoms with Gasteiger partial charge in [-0.15, -0.1) is 0 Å². The smallest absolute Gasteiger partial charge is 0.136 e. The van der Waals surface area contributed by atoms with Crippen LogP contribution in [0.1, 0.15) is 6.92 Å². The van der Waals surface area contributed by atoms with E-state index in [2.05, 4.69) is 34.3 Å². The summed E-state index contributed by atoms with van der Waals surface area (Å²) >= 11 is 0. The summed E-state index contributed by atoms with van der Waals surface area (Å²) in [5.74, 6) is 1.94. The first-order valence-corrected chi connectivity index (χ1v) is 6.69. The van der Waals surface area contributed by atoms with Crippen molar-refractivity contribution in [1.29, 1.82) is 0 Å². The average Bonchev–Trinajstić information content (AvgIpc) is 2.46. The molecule has 2 aromatic rings. The lowest BCUT2D eigenvalue weighted by Crippen LogP contribution is -2.49. The lowest BCUT2D eigenvalue weighted by Gasteiger charge is -2.33. The minimum atomic E-state index is 0.497. The van der Waals surface area contributed by atoms with Gasteiger partial charge >= 0.3 is 0 Å². The Morgan fingerprint density at radius 3 is 3.05 bits per heavy atom. The van der Waals surface area contributed by atoms with Gasteiger partial charge in [-0.3, -0.25) is 0 Å². The van der Waals surface area contributed by atoms with Crippen molar-refractivity contribution in [3.63, 3.8) is 0 Å². The van der Waals surface area contributed by atoms with Crippen LogP contribution in [0.3, 0.4) is 0 Å². The number of pyridine rings is 1. The van der Waals surface area contributed by atoms with Crippen molar-refractivity contribution in [2.24, 2.45) is 0 Å². The molecule has 19 heavy (non-hydrogen) atoms. The maximum Gasteiger partial charge on any atom is 0.136 e. The third-order valence-electron chi connectivity index (χ3n) is 3.62. The second-order valence-corrected chi connectivity index (χ2v) is 5.02. The number of aromatic nitrogens is 1. The highest BCUT2D eigenvalue weighted by Crippen LogP contribution is 2.28. The van der Waals surface area contributed by atoms with Gasteiger partial charge in [0.05, 0.1) is 7.11 Å². The van der Waals surface area contributed by atoms with Crippen LogP contribution in [0, 0.1) is 0 Å². The molecule has 0 amide bonds. The van der Waals surface area contributed by atoms with Crippen LogP contribution in [-0.2, 0) is 0 Å². The van der Waals surface area contributed by atoms with Crippen LogP contribution in [-0.4, -0.2) is 37.8 Å². The Kier molecular flexibility index (Phi) is 3.25. The molecule has 0 radical (unpaired) electrons. The van der Waals surface area contributed by atoms with Gasteiger partial charge in [0.1, 0.15) is 11.6 Å². The Morgan fingerprint density at radius 1 is 1.37 bits per heavy atom. The van der Waals surface area contributed by atoms with Gasteiger partial charge in [0.25, 0.3) is 0 Å². The summed E-state index contributed by atoms with van der Waals surface area (Å²) in [6.45, 7) is 5.19. The molecule has 1 aromatic carbocycles. The number of ether oxygens (including phenoxy) is 1. The van der Waals surface area contributed by atoms with Gasteiger partial charge in [-0.2, -0.15) is 0 Å². The van der Waals surface area contributed by atoms with E-state index in [4.69, 9.17) is 4.74 Å². The van der Waals surface area contributed by atoms with E-state index in [0.717, 1.165) is 36.6 Å². The van der Waals surface area contributed by atoms with E-state index in [-0.39, 0.29) is 0 Å². The summed E-state index contributed by atoms with van der Waals surface area (Å²) in [4.78, 5) is 6.93. The number of benzene rings is 1. The Balaban J connectivity index is 2.06. The first-order valence-electron chi connectivity index (χ1n) is 6.69. The second kappa shape index (κ2) is 5.05. The van der Waals surface area contributed by atoms with Gasteiger partial charge in [0, 0.05) is 37.3 Å². The lowest BCUT2D eigenvalue weighted by molar-refractivity contribution is 0.415. The second-order valence-electron chi connectivity index (χ2n) is 5.02. The van der Waals surface area contributed by atoms with Gasteiger partial charge in [-0.1, -0.05) is 6.07 Å². The fourth-order valence-electron chi connectivity index (χ4n) is 2.64. The van der Waals surface area contributed by atoms with Crippen molar-refractivity contribution >= 4 is 16.6 Å². The predicted octanol–water partition coefficient (Wildman–Crippen LogP) is 2.04. The molecule has 1 fully saturated rings. The maximum atomic E-state index is 5.33. The average molecular weight is 257 g/mol. The zero-order valence-corrected chi connectivity index (χ0v) is 11.4. The Labute approximate surface area is 113 Å². The zero-order chi connectivity index (χ0) is 13.2. The zero-order valence-electron chi connectivity index (χ0n) is 11.4. The van der Waals surface area contributed by atoms with Crippen LogP contribution in [0.2, 0.25) is 0 Å². The molecule has 0 bridgehead atoms. The minimum absolute atomic E-state index is 0.497. The van der Waals surface area contributed by atoms with Gasteiger partial charge in [-0.25, -0.2) is 4.98 Å². The molecule has 4 heteroatoms. The first kappa shape index (κ1) is 12.2. The van der Waals surface area contributed by atoms with Crippen molar-refractivity contribution in [1.82, 2.24) is 10.3 Å². The third kappa shape index (κ3) is 2.36. The topological polar surface area (TPSA) is 37.4 Å². The Morgan fingerprint density at radius 2 is 2.26 bits per heavy atom. The van der Waals surface area contributed by atoms with Crippen LogP contribution >= 0.6 is 0 Å². The number of nitrogens with zero attached hydrogens (tertiary/aromatic N) is 2. The van der Waals surface area contributed by atoms with Gasteiger partial charge in [0.2, 0.25) is 0 Å². The van der Waals surface area contributed by atoms with E-state index in [0.29, 0.717) is 6.04 Å². The molecule has 1 unspecified atom stereocenters. The molecule has 3 rings (SSSR count). The summed E-state index contributed by atoms with van der Waals surface area (Å²) in [6.07, 6.45) is 1.89. The number of fused-ring (bicyclic) bond motifs is 1. The molecule has 1 atom stereocenters. The number of rotatable bonds is 2. The molecule has 0 spiro atoms. The highest BCUT2D eigenvalue weighted by molar-refractivity contribution is 5.93. The fraction of sp³-hybridized carbons (Fsp3) is 0.400. The van der Waals surface area contributed by atoms with Crippen LogP contribution < -0.4 is 15.0 Å². The van der Waals surface area contributed by atoms with Gasteiger partial charge in [-0.05, 0) is 30.5 Å². The largest absolute Gasteiger partial charge is 0.497 e. The predicted molar refractivity (Wildman–Crippen MR) is 78.0 cm³/mol. The normalized spacial score (nSPS) is 19.7. The molecule has 0 aliphatic carbocycles. The van der Waals surface area contributed by atoms with E-state index in [1.165, 1.54) is 5.39 Å². The molecule has 2 heterocycles. The third-order valence-corrected chi connectivity index (χ3v) is 3.62. The van der Waals surface area contributed by atoms with Crippen molar-refractivity contribution in [2.45, 2.75) is 13.0 Å². The summed E-state index contributed by atoms with van der Waals surface area (Å²) in [5, 5.41) is 5.83. The van der Waals surface area contributed by atoms with E-state index in [9.17, 15) is 0 Å².